The van der Waals surface area contributed by atoms with Crippen LogP contribution in [0.5, 0.6) is 0 Å². The predicted octanol–water partition coefficient (Wildman–Crippen LogP) is 2.55. The average Bonchev–Trinajstić information content (AvgIpc) is 3.06. The third kappa shape index (κ3) is 3.60. The summed E-state index contributed by atoms with van der Waals surface area (Å²) in [4.78, 5) is 21.1. The van der Waals surface area contributed by atoms with Crippen LogP contribution in [0.1, 0.15) is 23.8 Å². The van der Waals surface area contributed by atoms with Gasteiger partial charge in [0.25, 0.3) is 5.91 Å². The van der Waals surface area contributed by atoms with Crippen LogP contribution in [0.4, 0.5) is 0 Å². The molecule has 24 heavy (non-hydrogen) atoms. The molecule has 0 spiro atoms. The second-order valence-electron chi connectivity index (χ2n) is 5.31. The van der Waals surface area contributed by atoms with Gasteiger partial charge in [0, 0.05) is 43.9 Å². The number of hydrogen-bond donors (Lipinski definition) is 1. The zero-order chi connectivity index (χ0) is 16.8. The summed E-state index contributed by atoms with van der Waals surface area (Å²) in [5.41, 5.74) is 2.78. The fraction of sp³-hybridized carbons (Fsp3) is 0.278. The lowest BCUT2D eigenvalue weighted by molar-refractivity contribution is 0.0940. The molecule has 0 aliphatic heterocycles. The third-order valence-corrected chi connectivity index (χ3v) is 3.61. The van der Waals surface area contributed by atoms with E-state index in [-0.39, 0.29) is 5.91 Å². The minimum atomic E-state index is -0.186. The number of fused-ring (bicyclic) bond motifs is 1. The first-order valence-electron chi connectivity index (χ1n) is 8.04. The first kappa shape index (κ1) is 16.1. The van der Waals surface area contributed by atoms with Crippen LogP contribution >= 0.6 is 0 Å². The Morgan fingerprint density at radius 1 is 1.29 bits per heavy atom. The lowest BCUT2D eigenvalue weighted by Gasteiger charge is -2.03. The lowest BCUT2D eigenvalue weighted by atomic mass is 10.1. The van der Waals surface area contributed by atoms with Crippen LogP contribution < -0.4 is 5.32 Å². The molecule has 3 rings (SSSR count). The number of hydrogen-bond acceptors (Lipinski definition) is 4. The van der Waals surface area contributed by atoms with Crippen molar-refractivity contribution in [1.82, 2.24) is 19.7 Å². The van der Waals surface area contributed by atoms with E-state index < -0.39 is 0 Å². The highest BCUT2D eigenvalue weighted by Crippen LogP contribution is 2.21. The molecule has 0 saturated carbocycles. The molecule has 0 atom stereocenters. The molecule has 1 N–H and O–H groups in total. The van der Waals surface area contributed by atoms with E-state index >= 15 is 0 Å². The lowest BCUT2D eigenvalue weighted by Crippen LogP contribution is -2.25. The van der Waals surface area contributed by atoms with Crippen molar-refractivity contribution in [3.63, 3.8) is 0 Å². The van der Waals surface area contributed by atoms with Crippen LogP contribution in [0.15, 0.2) is 48.9 Å². The van der Waals surface area contributed by atoms with Gasteiger partial charge in [-0.2, -0.15) is 0 Å². The number of nitrogens with one attached hydrogen (secondary N) is 1. The van der Waals surface area contributed by atoms with Crippen molar-refractivity contribution >= 4 is 11.6 Å². The summed E-state index contributed by atoms with van der Waals surface area (Å²) in [6, 6.07) is 9.82. The maximum atomic E-state index is 12.2. The summed E-state index contributed by atoms with van der Waals surface area (Å²) >= 11 is 0. The first-order chi connectivity index (χ1) is 11.8. The van der Waals surface area contributed by atoms with Gasteiger partial charge in [-0.25, -0.2) is 4.98 Å². The van der Waals surface area contributed by atoms with Gasteiger partial charge >= 0.3 is 0 Å². The molecule has 0 aliphatic carbocycles. The van der Waals surface area contributed by atoms with Crippen molar-refractivity contribution in [2.45, 2.75) is 13.3 Å². The Morgan fingerprint density at radius 3 is 2.92 bits per heavy atom. The van der Waals surface area contributed by atoms with Gasteiger partial charge in [0.1, 0.15) is 11.4 Å². The molecule has 1 amide bonds. The third-order valence-electron chi connectivity index (χ3n) is 3.61. The van der Waals surface area contributed by atoms with E-state index in [1.54, 1.807) is 18.6 Å². The van der Waals surface area contributed by atoms with Crippen LogP contribution in [0.2, 0.25) is 0 Å². The molecule has 6 nitrogen and oxygen atoms in total. The van der Waals surface area contributed by atoms with E-state index in [2.05, 4.69) is 15.3 Å². The van der Waals surface area contributed by atoms with E-state index in [0.717, 1.165) is 17.7 Å². The molecule has 1 aromatic carbocycles. The first-order valence-corrected chi connectivity index (χ1v) is 8.04. The van der Waals surface area contributed by atoms with Gasteiger partial charge in [0.15, 0.2) is 5.65 Å². The molecule has 0 unspecified atom stereocenters. The smallest absolute Gasteiger partial charge is 0.271 e. The second kappa shape index (κ2) is 7.70. The minimum Gasteiger partial charge on any atom is -0.382 e. The largest absolute Gasteiger partial charge is 0.382 e. The number of carbonyl (C=O) groups is 1. The van der Waals surface area contributed by atoms with E-state index in [9.17, 15) is 4.79 Å². The standard InChI is InChI=1S/C18H20N4O2/c1-2-24-12-6-9-20-18(23)15-13-22-11-10-19-16(17(22)21-15)14-7-4-3-5-8-14/h3-5,7-8,10-11,13H,2,6,9,12H2,1H3,(H,20,23). The topological polar surface area (TPSA) is 68.5 Å². The van der Waals surface area contributed by atoms with E-state index in [1.165, 1.54) is 0 Å². The molecule has 0 bridgehead atoms. The van der Waals surface area contributed by atoms with Crippen molar-refractivity contribution in [3.05, 3.63) is 54.6 Å². The molecular formula is C18H20N4O2. The molecule has 0 fully saturated rings. The summed E-state index contributed by atoms with van der Waals surface area (Å²) in [7, 11) is 0. The monoisotopic (exact) mass is 324 g/mol. The van der Waals surface area contributed by atoms with Gasteiger partial charge in [-0.3, -0.25) is 9.78 Å². The van der Waals surface area contributed by atoms with Gasteiger partial charge in [-0.05, 0) is 13.3 Å². The van der Waals surface area contributed by atoms with Crippen LogP contribution in [0.3, 0.4) is 0 Å². The Labute approximate surface area is 140 Å². The number of carbonyl (C=O) groups excluding carboxylic acids is 1. The number of nitrogens with zero attached hydrogens (tertiary/aromatic N) is 3. The summed E-state index contributed by atoms with van der Waals surface area (Å²) < 4.78 is 7.08. The molecule has 2 aromatic heterocycles. The van der Waals surface area contributed by atoms with Gasteiger partial charge in [0.05, 0.1) is 0 Å². The number of rotatable bonds is 7. The number of aromatic nitrogens is 3. The van der Waals surface area contributed by atoms with Crippen molar-refractivity contribution in [3.8, 4) is 11.3 Å². The summed E-state index contributed by atoms with van der Waals surface area (Å²) in [5.74, 6) is -0.186. The van der Waals surface area contributed by atoms with Crippen LogP contribution in [-0.2, 0) is 4.74 Å². The Morgan fingerprint density at radius 2 is 2.12 bits per heavy atom. The number of ether oxygens (including phenoxy) is 1. The highest BCUT2D eigenvalue weighted by Gasteiger charge is 2.14. The summed E-state index contributed by atoms with van der Waals surface area (Å²) in [6.45, 7) is 3.85. The van der Waals surface area contributed by atoms with Crippen molar-refractivity contribution < 1.29 is 9.53 Å². The Balaban J connectivity index is 1.78. The molecular weight excluding hydrogens is 304 g/mol. The fourth-order valence-electron chi connectivity index (χ4n) is 2.44. The quantitative estimate of drug-likeness (QED) is 0.678. The van der Waals surface area contributed by atoms with Gasteiger partial charge in [-0.15, -0.1) is 0 Å². The van der Waals surface area contributed by atoms with E-state index in [0.29, 0.717) is 31.1 Å². The normalized spacial score (nSPS) is 10.9. The highest BCUT2D eigenvalue weighted by atomic mass is 16.5. The molecule has 0 saturated heterocycles. The maximum absolute atomic E-state index is 12.2. The van der Waals surface area contributed by atoms with Crippen molar-refractivity contribution in [1.29, 1.82) is 0 Å². The molecule has 0 aliphatic rings. The van der Waals surface area contributed by atoms with Crippen molar-refractivity contribution in [2.75, 3.05) is 19.8 Å². The Bertz CT molecular complexity index is 814. The molecule has 2 heterocycles. The highest BCUT2D eigenvalue weighted by molar-refractivity contribution is 5.93. The molecule has 6 heteroatoms. The Hall–Kier alpha value is -2.73. The number of amides is 1. The molecule has 3 aromatic rings. The molecule has 124 valence electrons. The number of imidazole rings is 1. The average molecular weight is 324 g/mol. The van der Waals surface area contributed by atoms with Crippen LogP contribution in [-0.4, -0.2) is 40.0 Å². The molecule has 0 radical (unpaired) electrons. The van der Waals surface area contributed by atoms with Crippen LogP contribution in [0.25, 0.3) is 16.9 Å². The fourth-order valence-corrected chi connectivity index (χ4v) is 2.44. The van der Waals surface area contributed by atoms with E-state index in [4.69, 9.17) is 4.74 Å². The van der Waals surface area contributed by atoms with Gasteiger partial charge in [0.2, 0.25) is 0 Å². The number of benzene rings is 1. The SMILES string of the molecule is CCOCCCNC(=O)c1cn2ccnc(-c3ccccc3)c2n1. The summed E-state index contributed by atoms with van der Waals surface area (Å²) in [6.07, 6.45) is 6.01. The van der Waals surface area contributed by atoms with E-state index in [1.807, 2.05) is 41.7 Å². The maximum Gasteiger partial charge on any atom is 0.271 e. The second-order valence-corrected chi connectivity index (χ2v) is 5.31. The predicted molar refractivity (Wildman–Crippen MR) is 91.9 cm³/mol. The van der Waals surface area contributed by atoms with Gasteiger partial charge in [-0.1, -0.05) is 30.3 Å². The zero-order valence-corrected chi connectivity index (χ0v) is 13.6. The van der Waals surface area contributed by atoms with Gasteiger partial charge < -0.3 is 14.5 Å². The van der Waals surface area contributed by atoms with Crippen molar-refractivity contribution in [2.24, 2.45) is 0 Å². The van der Waals surface area contributed by atoms with Crippen LogP contribution in [0, 0.1) is 0 Å². The zero-order valence-electron chi connectivity index (χ0n) is 13.6. The summed E-state index contributed by atoms with van der Waals surface area (Å²) in [5, 5.41) is 2.86. The minimum absolute atomic E-state index is 0.186. The Kier molecular flexibility index (Phi) is 5.18.